The van der Waals surface area contributed by atoms with Crippen molar-refractivity contribution in [3.8, 4) is 10.6 Å². The van der Waals surface area contributed by atoms with Crippen LogP contribution < -0.4 is 5.73 Å². The van der Waals surface area contributed by atoms with Crippen molar-refractivity contribution in [1.82, 2.24) is 4.98 Å². The van der Waals surface area contributed by atoms with Crippen LogP contribution in [0.3, 0.4) is 0 Å². The van der Waals surface area contributed by atoms with Gasteiger partial charge < -0.3 is 15.9 Å². The van der Waals surface area contributed by atoms with Gasteiger partial charge in [0.2, 0.25) is 0 Å². The van der Waals surface area contributed by atoms with Gasteiger partial charge in [-0.05, 0) is 18.6 Å². The van der Waals surface area contributed by atoms with E-state index in [1.165, 1.54) is 17.4 Å². The monoisotopic (exact) mass is 278 g/mol. The molecular formula is C12H10N2O4S. The molecule has 6 nitrogen and oxygen atoms in total. The number of carboxylic acids is 2. The number of rotatable bonds is 3. The Morgan fingerprint density at radius 1 is 1.32 bits per heavy atom. The molecule has 0 saturated carbocycles. The number of hydrogen-bond donors (Lipinski definition) is 3. The summed E-state index contributed by atoms with van der Waals surface area (Å²) >= 11 is 1.27. The Morgan fingerprint density at radius 3 is 2.47 bits per heavy atom. The van der Waals surface area contributed by atoms with E-state index in [2.05, 4.69) is 4.98 Å². The lowest BCUT2D eigenvalue weighted by Crippen LogP contribution is -2.12. The molecule has 1 heterocycles. The molecule has 0 radical (unpaired) electrons. The predicted molar refractivity (Wildman–Crippen MR) is 70.6 cm³/mol. The minimum absolute atomic E-state index is 0.213. The maximum Gasteiger partial charge on any atom is 0.338 e. The van der Waals surface area contributed by atoms with Crippen LogP contribution in [0.2, 0.25) is 0 Å². The lowest BCUT2D eigenvalue weighted by atomic mass is 9.96. The third-order valence-corrected chi connectivity index (χ3v) is 3.45. The summed E-state index contributed by atoms with van der Waals surface area (Å²) in [6.07, 6.45) is 1.55. The average Bonchev–Trinajstić information content (AvgIpc) is 2.83. The van der Waals surface area contributed by atoms with E-state index in [4.69, 9.17) is 10.8 Å². The highest BCUT2D eigenvalue weighted by atomic mass is 32.1. The highest BCUT2D eigenvalue weighted by Gasteiger charge is 2.24. The Hall–Kier alpha value is -2.41. The second-order valence-corrected chi connectivity index (χ2v) is 4.75. The summed E-state index contributed by atoms with van der Waals surface area (Å²) in [4.78, 5) is 26.5. The first-order valence-corrected chi connectivity index (χ1v) is 6.11. The minimum atomic E-state index is -1.27. The van der Waals surface area contributed by atoms with Gasteiger partial charge in [-0.3, -0.25) is 0 Å². The van der Waals surface area contributed by atoms with Crippen LogP contribution in [0.4, 0.5) is 5.69 Å². The summed E-state index contributed by atoms with van der Waals surface area (Å²) in [5.74, 6) is -2.53. The van der Waals surface area contributed by atoms with Crippen LogP contribution in [0, 0.1) is 6.92 Å². The van der Waals surface area contributed by atoms with Crippen LogP contribution in [-0.2, 0) is 0 Å². The first kappa shape index (κ1) is 13.0. The number of aromatic nitrogens is 1. The number of nitrogens with zero attached hydrogens (tertiary/aromatic N) is 1. The number of aromatic carboxylic acids is 2. The summed E-state index contributed by atoms with van der Waals surface area (Å²) in [6, 6.07) is 1.36. The van der Waals surface area contributed by atoms with Crippen molar-refractivity contribution >= 4 is 29.0 Å². The smallest absolute Gasteiger partial charge is 0.338 e. The second-order valence-electron chi connectivity index (χ2n) is 3.85. The Balaban J connectivity index is 2.85. The zero-order valence-electron chi connectivity index (χ0n) is 9.88. The maximum absolute atomic E-state index is 11.4. The van der Waals surface area contributed by atoms with E-state index in [9.17, 15) is 14.7 Å². The van der Waals surface area contributed by atoms with Crippen LogP contribution in [0.5, 0.6) is 0 Å². The van der Waals surface area contributed by atoms with Crippen molar-refractivity contribution in [2.24, 2.45) is 0 Å². The molecule has 0 spiro atoms. The van der Waals surface area contributed by atoms with Gasteiger partial charge in [-0.25, -0.2) is 14.6 Å². The van der Waals surface area contributed by atoms with Crippen LogP contribution in [-0.4, -0.2) is 27.1 Å². The normalized spacial score (nSPS) is 10.4. The molecule has 0 aliphatic carbocycles. The van der Waals surface area contributed by atoms with Gasteiger partial charge in [0.25, 0.3) is 0 Å². The number of thiazole rings is 1. The highest BCUT2D eigenvalue weighted by Crippen LogP contribution is 2.34. The number of hydrogen-bond acceptors (Lipinski definition) is 5. The molecule has 4 N–H and O–H groups in total. The minimum Gasteiger partial charge on any atom is -0.478 e. The zero-order chi connectivity index (χ0) is 14.2. The van der Waals surface area contributed by atoms with E-state index in [0.29, 0.717) is 16.1 Å². The largest absolute Gasteiger partial charge is 0.478 e. The number of anilines is 1. The lowest BCUT2D eigenvalue weighted by molar-refractivity contribution is 0.0696. The molecule has 1 aromatic heterocycles. The number of nitrogen functional groups attached to an aromatic ring is 1. The Kier molecular flexibility index (Phi) is 3.22. The van der Waals surface area contributed by atoms with Crippen LogP contribution in [0.15, 0.2) is 17.6 Å². The average molecular weight is 278 g/mol. The molecular weight excluding hydrogens is 268 g/mol. The third kappa shape index (κ3) is 2.15. The summed E-state index contributed by atoms with van der Waals surface area (Å²) in [5, 5.41) is 20.5. The Bertz CT molecular complexity index is 665. The fourth-order valence-corrected chi connectivity index (χ4v) is 2.61. The topological polar surface area (TPSA) is 114 Å². The molecule has 2 rings (SSSR count). The van der Waals surface area contributed by atoms with E-state index in [-0.39, 0.29) is 16.8 Å². The van der Waals surface area contributed by atoms with Gasteiger partial charge in [0.05, 0.1) is 16.8 Å². The van der Waals surface area contributed by atoms with Crippen LogP contribution in [0.1, 0.15) is 26.3 Å². The second kappa shape index (κ2) is 4.69. The maximum atomic E-state index is 11.4. The SMILES string of the molecule is Cc1cc(C(=O)O)c(N)c(C(=O)O)c1-c1nccs1. The van der Waals surface area contributed by atoms with Crippen molar-refractivity contribution in [1.29, 1.82) is 0 Å². The van der Waals surface area contributed by atoms with Crippen molar-refractivity contribution < 1.29 is 19.8 Å². The van der Waals surface area contributed by atoms with Gasteiger partial charge in [-0.1, -0.05) is 0 Å². The number of nitrogens with two attached hydrogens (primary N) is 1. The van der Waals surface area contributed by atoms with E-state index in [0.717, 1.165) is 0 Å². The number of carboxylic acid groups (broad SMARTS) is 2. The molecule has 0 bridgehead atoms. The van der Waals surface area contributed by atoms with Crippen LogP contribution >= 0.6 is 11.3 Å². The summed E-state index contributed by atoms with van der Waals surface area (Å²) in [5.41, 5.74) is 5.87. The zero-order valence-corrected chi connectivity index (χ0v) is 10.7. The Morgan fingerprint density at radius 2 is 2.00 bits per heavy atom. The predicted octanol–water partition coefficient (Wildman–Crippen LogP) is 2.10. The fraction of sp³-hybridized carbons (Fsp3) is 0.0833. The molecule has 0 amide bonds. The summed E-state index contributed by atoms with van der Waals surface area (Å²) in [7, 11) is 0. The summed E-state index contributed by atoms with van der Waals surface area (Å²) in [6.45, 7) is 1.63. The first-order valence-electron chi connectivity index (χ1n) is 5.23. The molecule has 0 fully saturated rings. The molecule has 0 aliphatic rings. The van der Waals surface area contributed by atoms with Gasteiger partial charge in [-0.15, -0.1) is 11.3 Å². The molecule has 98 valence electrons. The van der Waals surface area contributed by atoms with Gasteiger partial charge in [-0.2, -0.15) is 0 Å². The van der Waals surface area contributed by atoms with Crippen molar-refractivity contribution in [3.05, 3.63) is 34.3 Å². The summed E-state index contributed by atoms with van der Waals surface area (Å²) < 4.78 is 0. The lowest BCUT2D eigenvalue weighted by Gasteiger charge is -2.12. The van der Waals surface area contributed by atoms with Gasteiger partial charge in [0.15, 0.2) is 0 Å². The number of aryl methyl sites for hydroxylation is 1. The van der Waals surface area contributed by atoms with E-state index < -0.39 is 11.9 Å². The molecule has 19 heavy (non-hydrogen) atoms. The quantitative estimate of drug-likeness (QED) is 0.741. The van der Waals surface area contributed by atoms with Gasteiger partial charge in [0.1, 0.15) is 5.01 Å². The highest BCUT2D eigenvalue weighted by molar-refractivity contribution is 7.13. The number of carbonyl (C=O) groups is 2. The van der Waals surface area contributed by atoms with Crippen molar-refractivity contribution in [2.45, 2.75) is 6.92 Å². The molecule has 2 aromatic rings. The van der Waals surface area contributed by atoms with E-state index >= 15 is 0 Å². The Labute approximate surface area is 112 Å². The van der Waals surface area contributed by atoms with E-state index in [1.54, 1.807) is 18.5 Å². The molecule has 0 atom stereocenters. The van der Waals surface area contributed by atoms with Crippen LogP contribution in [0.25, 0.3) is 10.6 Å². The molecule has 0 saturated heterocycles. The fourth-order valence-electron chi connectivity index (χ4n) is 1.85. The standard InChI is InChI=1S/C12H10N2O4S/c1-5-4-6(11(15)16)9(13)8(12(17)18)7(5)10-14-2-3-19-10/h2-4H,13H2,1H3,(H,15,16)(H,17,18). The van der Waals surface area contributed by atoms with Gasteiger partial charge in [0, 0.05) is 17.1 Å². The van der Waals surface area contributed by atoms with Gasteiger partial charge >= 0.3 is 11.9 Å². The molecule has 0 unspecified atom stereocenters. The van der Waals surface area contributed by atoms with Crippen molar-refractivity contribution in [3.63, 3.8) is 0 Å². The number of benzene rings is 1. The van der Waals surface area contributed by atoms with Crippen molar-refractivity contribution in [2.75, 3.05) is 5.73 Å². The third-order valence-electron chi connectivity index (χ3n) is 2.66. The molecule has 7 heteroatoms. The molecule has 0 aliphatic heterocycles. The van der Waals surface area contributed by atoms with E-state index in [1.807, 2.05) is 0 Å². The molecule has 1 aromatic carbocycles. The first-order chi connectivity index (χ1) is 8.93.